The molecule has 110 valence electrons. The number of H-pyrrole nitrogens is 1. The zero-order chi connectivity index (χ0) is 14.8. The van der Waals surface area contributed by atoms with Gasteiger partial charge in [-0.1, -0.05) is 20.8 Å². The SMILES string of the molecule is CC1CCN(C(=O)NCc2ccc(=O)[nH]n2)CC1(C)C. The number of rotatable bonds is 2. The first-order chi connectivity index (χ1) is 9.38. The predicted molar refractivity (Wildman–Crippen MR) is 76.2 cm³/mol. The molecule has 0 spiro atoms. The highest BCUT2D eigenvalue weighted by Gasteiger charge is 2.34. The van der Waals surface area contributed by atoms with E-state index in [-0.39, 0.29) is 17.0 Å². The van der Waals surface area contributed by atoms with Crippen LogP contribution in [0.1, 0.15) is 32.9 Å². The summed E-state index contributed by atoms with van der Waals surface area (Å²) >= 11 is 0. The van der Waals surface area contributed by atoms with Gasteiger partial charge in [-0.25, -0.2) is 9.89 Å². The first-order valence-electron chi connectivity index (χ1n) is 6.96. The fourth-order valence-electron chi connectivity index (χ4n) is 2.39. The first-order valence-corrected chi connectivity index (χ1v) is 6.96. The second kappa shape index (κ2) is 5.64. The Bertz CT molecular complexity index is 518. The van der Waals surface area contributed by atoms with Crippen LogP contribution in [0.2, 0.25) is 0 Å². The average molecular weight is 278 g/mol. The Kier molecular flexibility index (Phi) is 4.11. The van der Waals surface area contributed by atoms with E-state index in [1.54, 1.807) is 6.07 Å². The highest BCUT2D eigenvalue weighted by atomic mass is 16.2. The molecule has 1 unspecified atom stereocenters. The van der Waals surface area contributed by atoms with E-state index >= 15 is 0 Å². The predicted octanol–water partition coefficient (Wildman–Crippen LogP) is 1.35. The van der Waals surface area contributed by atoms with E-state index in [9.17, 15) is 9.59 Å². The summed E-state index contributed by atoms with van der Waals surface area (Å²) in [5, 5.41) is 9.06. The molecule has 1 aliphatic rings. The van der Waals surface area contributed by atoms with Gasteiger partial charge in [-0.05, 0) is 23.8 Å². The van der Waals surface area contributed by atoms with Crippen molar-refractivity contribution in [2.24, 2.45) is 11.3 Å². The third-order valence-corrected chi connectivity index (χ3v) is 4.21. The zero-order valence-electron chi connectivity index (χ0n) is 12.3. The highest BCUT2D eigenvalue weighted by molar-refractivity contribution is 5.74. The molecule has 2 amide bonds. The van der Waals surface area contributed by atoms with Gasteiger partial charge in [0.05, 0.1) is 12.2 Å². The molecule has 1 aliphatic heterocycles. The van der Waals surface area contributed by atoms with E-state index in [1.807, 2.05) is 4.90 Å². The van der Waals surface area contributed by atoms with Gasteiger partial charge in [0.1, 0.15) is 0 Å². The van der Waals surface area contributed by atoms with Gasteiger partial charge in [-0.2, -0.15) is 5.10 Å². The number of amides is 2. The van der Waals surface area contributed by atoms with Crippen LogP contribution in [0.3, 0.4) is 0 Å². The quantitative estimate of drug-likeness (QED) is 0.857. The molecule has 20 heavy (non-hydrogen) atoms. The molecular formula is C14H22N4O2. The average Bonchev–Trinajstić information content (AvgIpc) is 2.41. The van der Waals surface area contributed by atoms with Crippen molar-refractivity contribution in [3.05, 3.63) is 28.2 Å². The zero-order valence-corrected chi connectivity index (χ0v) is 12.3. The summed E-state index contributed by atoms with van der Waals surface area (Å²) in [6, 6.07) is 2.94. The van der Waals surface area contributed by atoms with Gasteiger partial charge in [-0.3, -0.25) is 4.79 Å². The highest BCUT2D eigenvalue weighted by Crippen LogP contribution is 2.34. The van der Waals surface area contributed by atoms with Crippen molar-refractivity contribution in [2.75, 3.05) is 13.1 Å². The largest absolute Gasteiger partial charge is 0.332 e. The van der Waals surface area contributed by atoms with Crippen LogP contribution in [0, 0.1) is 11.3 Å². The van der Waals surface area contributed by atoms with Gasteiger partial charge in [0, 0.05) is 19.2 Å². The number of hydrogen-bond acceptors (Lipinski definition) is 3. The number of aromatic nitrogens is 2. The Balaban J connectivity index is 1.89. The molecule has 2 rings (SSSR count). The molecule has 2 heterocycles. The fraction of sp³-hybridized carbons (Fsp3) is 0.643. The topological polar surface area (TPSA) is 78.1 Å². The van der Waals surface area contributed by atoms with Crippen LogP contribution in [0.15, 0.2) is 16.9 Å². The van der Waals surface area contributed by atoms with Crippen molar-refractivity contribution in [1.82, 2.24) is 20.4 Å². The number of urea groups is 1. The molecule has 0 aromatic carbocycles. The Morgan fingerprint density at radius 3 is 2.90 bits per heavy atom. The molecule has 1 atom stereocenters. The Morgan fingerprint density at radius 1 is 1.55 bits per heavy atom. The molecule has 0 radical (unpaired) electrons. The molecule has 1 aromatic heterocycles. The molecule has 6 nitrogen and oxygen atoms in total. The molecule has 0 saturated carbocycles. The van der Waals surface area contributed by atoms with Crippen LogP contribution in [0.5, 0.6) is 0 Å². The van der Waals surface area contributed by atoms with E-state index in [0.29, 0.717) is 18.2 Å². The number of aromatic amines is 1. The normalized spacial score (nSPS) is 21.6. The van der Waals surface area contributed by atoms with Crippen molar-refractivity contribution in [3.63, 3.8) is 0 Å². The molecule has 1 saturated heterocycles. The van der Waals surface area contributed by atoms with Crippen LogP contribution >= 0.6 is 0 Å². The standard InChI is InChI=1S/C14H22N4O2/c1-10-6-7-18(9-14(10,2)3)13(20)15-8-11-4-5-12(19)17-16-11/h4-5,10H,6-9H2,1-3H3,(H,15,20)(H,17,19). The van der Waals surface area contributed by atoms with Crippen molar-refractivity contribution in [2.45, 2.75) is 33.7 Å². The Morgan fingerprint density at radius 2 is 2.30 bits per heavy atom. The van der Waals surface area contributed by atoms with Gasteiger partial charge >= 0.3 is 6.03 Å². The number of piperidine rings is 1. The third kappa shape index (κ3) is 3.37. The number of hydrogen-bond donors (Lipinski definition) is 2. The second-order valence-electron chi connectivity index (χ2n) is 6.17. The maximum Gasteiger partial charge on any atom is 0.317 e. The summed E-state index contributed by atoms with van der Waals surface area (Å²) in [4.78, 5) is 24.9. The van der Waals surface area contributed by atoms with E-state index < -0.39 is 0 Å². The van der Waals surface area contributed by atoms with Crippen LogP contribution < -0.4 is 10.9 Å². The number of carbonyl (C=O) groups is 1. The second-order valence-corrected chi connectivity index (χ2v) is 6.17. The molecule has 1 aromatic rings. The minimum absolute atomic E-state index is 0.0713. The summed E-state index contributed by atoms with van der Waals surface area (Å²) in [6.07, 6.45) is 1.03. The van der Waals surface area contributed by atoms with Crippen molar-refractivity contribution < 1.29 is 4.79 Å². The van der Waals surface area contributed by atoms with Crippen LogP contribution in [0.4, 0.5) is 4.79 Å². The van der Waals surface area contributed by atoms with Crippen LogP contribution in [-0.2, 0) is 6.54 Å². The van der Waals surface area contributed by atoms with Gasteiger partial charge in [-0.15, -0.1) is 0 Å². The molecule has 0 bridgehead atoms. The minimum atomic E-state index is -0.244. The molecule has 1 fully saturated rings. The summed E-state index contributed by atoms with van der Waals surface area (Å²) in [5.41, 5.74) is 0.542. The van der Waals surface area contributed by atoms with Crippen molar-refractivity contribution in [3.8, 4) is 0 Å². The maximum absolute atomic E-state index is 12.1. The van der Waals surface area contributed by atoms with Gasteiger partial charge in [0.25, 0.3) is 5.56 Å². The van der Waals surface area contributed by atoms with E-state index in [2.05, 4.69) is 36.3 Å². The monoisotopic (exact) mass is 278 g/mol. The Hall–Kier alpha value is -1.85. The lowest BCUT2D eigenvalue weighted by molar-refractivity contribution is 0.0829. The molecule has 0 aliphatic carbocycles. The number of nitrogens with zero attached hydrogens (tertiary/aromatic N) is 2. The van der Waals surface area contributed by atoms with Gasteiger partial charge < -0.3 is 10.2 Å². The summed E-state index contributed by atoms with van der Waals surface area (Å²) < 4.78 is 0. The van der Waals surface area contributed by atoms with E-state index in [1.165, 1.54) is 6.07 Å². The van der Waals surface area contributed by atoms with Crippen molar-refractivity contribution >= 4 is 6.03 Å². The van der Waals surface area contributed by atoms with Crippen LogP contribution in [-0.4, -0.2) is 34.2 Å². The maximum atomic E-state index is 12.1. The summed E-state index contributed by atoms with van der Waals surface area (Å²) in [6.45, 7) is 8.50. The molecular weight excluding hydrogens is 256 g/mol. The van der Waals surface area contributed by atoms with E-state index in [0.717, 1.165) is 19.5 Å². The number of nitrogens with one attached hydrogen (secondary N) is 2. The molecule has 6 heteroatoms. The Labute approximate surface area is 118 Å². The van der Waals surface area contributed by atoms with Crippen LogP contribution in [0.25, 0.3) is 0 Å². The summed E-state index contributed by atoms with van der Waals surface area (Å²) in [5.74, 6) is 0.618. The minimum Gasteiger partial charge on any atom is -0.332 e. The number of likely N-dealkylation sites (tertiary alicyclic amines) is 1. The number of carbonyl (C=O) groups excluding carboxylic acids is 1. The smallest absolute Gasteiger partial charge is 0.317 e. The lowest BCUT2D eigenvalue weighted by Crippen LogP contribution is -2.50. The summed E-state index contributed by atoms with van der Waals surface area (Å²) in [7, 11) is 0. The van der Waals surface area contributed by atoms with E-state index in [4.69, 9.17) is 0 Å². The van der Waals surface area contributed by atoms with Gasteiger partial charge in [0.15, 0.2) is 0 Å². The lowest BCUT2D eigenvalue weighted by atomic mass is 9.75. The lowest BCUT2D eigenvalue weighted by Gasteiger charge is -2.42. The van der Waals surface area contributed by atoms with Gasteiger partial charge in [0.2, 0.25) is 0 Å². The van der Waals surface area contributed by atoms with Crippen molar-refractivity contribution in [1.29, 1.82) is 0 Å². The fourth-order valence-corrected chi connectivity index (χ4v) is 2.39. The third-order valence-electron chi connectivity index (χ3n) is 4.21. The molecule has 2 N–H and O–H groups in total. The first kappa shape index (κ1) is 14.6.